The van der Waals surface area contributed by atoms with Crippen LogP contribution >= 0.6 is 0 Å². The Bertz CT molecular complexity index is 1220. The molecule has 0 fully saturated rings. The van der Waals surface area contributed by atoms with Crippen molar-refractivity contribution in [2.75, 3.05) is 19.5 Å². The fourth-order valence-corrected chi connectivity index (χ4v) is 3.88. The number of nitrogens with one attached hydrogen (secondary N) is 1. The average Bonchev–Trinajstić information content (AvgIpc) is 2.77. The van der Waals surface area contributed by atoms with E-state index in [9.17, 15) is 14.7 Å². The first-order chi connectivity index (χ1) is 16.1. The van der Waals surface area contributed by atoms with Gasteiger partial charge in [0.1, 0.15) is 23.7 Å². The van der Waals surface area contributed by atoms with E-state index in [0.29, 0.717) is 28.8 Å². The van der Waals surface area contributed by atoms with E-state index in [2.05, 4.69) is 10.3 Å². The van der Waals surface area contributed by atoms with Crippen LogP contribution in [0.15, 0.2) is 36.4 Å². The minimum absolute atomic E-state index is 0.0299. The highest BCUT2D eigenvalue weighted by molar-refractivity contribution is 6.07. The lowest BCUT2D eigenvalue weighted by molar-refractivity contribution is -0.122. The van der Waals surface area contributed by atoms with Gasteiger partial charge in [-0.15, -0.1) is 0 Å². The number of carboxylic acids is 1. The minimum Gasteiger partial charge on any atom is -0.497 e. The molecule has 1 heterocycles. The van der Waals surface area contributed by atoms with Crippen molar-refractivity contribution in [2.45, 2.75) is 46.1 Å². The number of fused-ring (bicyclic) bond motifs is 1. The SMILES string of the molecule is CCc1ccc2nc(C)c(C(=O)O)c(N)c2c1OCC(C)(C)NC(=O)Cc1ccc(OC)cc1. The van der Waals surface area contributed by atoms with E-state index in [-0.39, 0.29) is 30.2 Å². The molecule has 4 N–H and O–H groups in total. The van der Waals surface area contributed by atoms with Crippen LogP contribution in [0.5, 0.6) is 11.5 Å². The second-order valence-corrected chi connectivity index (χ2v) is 8.84. The molecule has 0 aliphatic rings. The maximum Gasteiger partial charge on any atom is 0.339 e. The molecule has 0 aliphatic carbocycles. The van der Waals surface area contributed by atoms with E-state index in [0.717, 1.165) is 16.9 Å². The van der Waals surface area contributed by atoms with Gasteiger partial charge in [0.15, 0.2) is 0 Å². The van der Waals surface area contributed by atoms with Crippen LogP contribution in [-0.2, 0) is 17.6 Å². The predicted molar refractivity (Wildman–Crippen MR) is 132 cm³/mol. The molecule has 0 saturated carbocycles. The monoisotopic (exact) mass is 465 g/mol. The molecule has 0 spiro atoms. The summed E-state index contributed by atoms with van der Waals surface area (Å²) in [6.45, 7) is 7.48. The molecule has 1 aromatic heterocycles. The van der Waals surface area contributed by atoms with Crippen molar-refractivity contribution < 1.29 is 24.2 Å². The zero-order valence-corrected chi connectivity index (χ0v) is 20.2. The highest BCUT2D eigenvalue weighted by Gasteiger charge is 2.25. The maximum atomic E-state index is 12.6. The maximum absolute atomic E-state index is 12.6. The van der Waals surface area contributed by atoms with E-state index < -0.39 is 11.5 Å². The van der Waals surface area contributed by atoms with Crippen molar-refractivity contribution in [3.05, 3.63) is 58.8 Å². The molecule has 0 unspecified atom stereocenters. The van der Waals surface area contributed by atoms with Crippen molar-refractivity contribution in [3.63, 3.8) is 0 Å². The third-order valence-corrected chi connectivity index (χ3v) is 5.58. The number of aromatic carboxylic acids is 1. The van der Waals surface area contributed by atoms with Crippen LogP contribution in [-0.4, -0.2) is 41.2 Å². The van der Waals surface area contributed by atoms with Gasteiger partial charge in [0, 0.05) is 0 Å². The first-order valence-corrected chi connectivity index (χ1v) is 11.1. The Morgan fingerprint density at radius 2 is 1.82 bits per heavy atom. The van der Waals surface area contributed by atoms with Crippen molar-refractivity contribution in [1.82, 2.24) is 10.3 Å². The molecule has 0 radical (unpaired) electrons. The number of nitrogen functional groups attached to an aromatic ring is 1. The molecule has 2 aromatic carbocycles. The van der Waals surface area contributed by atoms with Crippen molar-refractivity contribution in [1.29, 1.82) is 0 Å². The normalized spacial score (nSPS) is 11.3. The summed E-state index contributed by atoms with van der Waals surface area (Å²) in [5.41, 5.74) is 8.35. The van der Waals surface area contributed by atoms with Crippen LogP contribution in [0.25, 0.3) is 10.9 Å². The van der Waals surface area contributed by atoms with Crippen molar-refractivity contribution >= 4 is 28.5 Å². The molecule has 0 aliphatic heterocycles. The molecule has 8 heteroatoms. The highest BCUT2D eigenvalue weighted by atomic mass is 16.5. The molecular weight excluding hydrogens is 434 g/mol. The summed E-state index contributed by atoms with van der Waals surface area (Å²) >= 11 is 0. The number of carbonyl (C=O) groups is 2. The number of hydrogen-bond donors (Lipinski definition) is 3. The van der Waals surface area contributed by atoms with Crippen LogP contribution in [0, 0.1) is 6.92 Å². The summed E-state index contributed by atoms with van der Waals surface area (Å²) in [6, 6.07) is 11.0. The van der Waals surface area contributed by atoms with Gasteiger partial charge in [0.2, 0.25) is 5.91 Å². The first kappa shape index (κ1) is 24.8. The van der Waals surface area contributed by atoms with Crippen molar-refractivity contribution in [3.8, 4) is 11.5 Å². The number of methoxy groups -OCH3 is 1. The van der Waals surface area contributed by atoms with Crippen LogP contribution < -0.4 is 20.5 Å². The number of pyridine rings is 1. The van der Waals surface area contributed by atoms with Gasteiger partial charge in [-0.2, -0.15) is 0 Å². The van der Waals surface area contributed by atoms with Crippen LogP contribution in [0.4, 0.5) is 5.69 Å². The number of ether oxygens (including phenoxy) is 2. The van der Waals surface area contributed by atoms with Gasteiger partial charge in [-0.25, -0.2) is 4.79 Å². The lowest BCUT2D eigenvalue weighted by Crippen LogP contribution is -2.48. The van der Waals surface area contributed by atoms with Crippen LogP contribution in [0.3, 0.4) is 0 Å². The Labute approximate surface area is 199 Å². The number of anilines is 1. The van der Waals surface area contributed by atoms with Gasteiger partial charge in [0.05, 0.1) is 41.4 Å². The molecule has 0 saturated heterocycles. The number of amides is 1. The van der Waals surface area contributed by atoms with Crippen LogP contribution in [0.2, 0.25) is 0 Å². The Morgan fingerprint density at radius 3 is 2.41 bits per heavy atom. The number of aromatic nitrogens is 1. The molecule has 1 amide bonds. The lowest BCUT2D eigenvalue weighted by Gasteiger charge is -2.27. The van der Waals surface area contributed by atoms with Crippen molar-refractivity contribution in [2.24, 2.45) is 0 Å². The topological polar surface area (TPSA) is 124 Å². The second-order valence-electron chi connectivity index (χ2n) is 8.84. The molecule has 3 rings (SSSR count). The summed E-state index contributed by atoms with van der Waals surface area (Å²) in [5, 5.41) is 13.1. The standard InChI is InChI=1S/C26H31N3O5/c1-6-17-9-12-19-22(23(27)21(25(31)32)15(2)28-19)24(17)34-14-26(3,4)29-20(30)13-16-7-10-18(33-5)11-8-16/h7-12H,6,13-14H2,1-5H3,(H2,27,28)(H,29,30)(H,31,32). The number of benzene rings is 2. The molecule has 3 aromatic rings. The Morgan fingerprint density at radius 1 is 1.15 bits per heavy atom. The third-order valence-electron chi connectivity index (χ3n) is 5.58. The van der Waals surface area contributed by atoms with Gasteiger partial charge < -0.3 is 25.6 Å². The fourth-order valence-electron chi connectivity index (χ4n) is 3.88. The molecular formula is C26H31N3O5. The zero-order valence-electron chi connectivity index (χ0n) is 20.2. The quantitative estimate of drug-likeness (QED) is 0.438. The summed E-state index contributed by atoms with van der Waals surface area (Å²) < 4.78 is 11.3. The Balaban J connectivity index is 1.83. The van der Waals surface area contributed by atoms with Gasteiger partial charge >= 0.3 is 5.97 Å². The van der Waals surface area contributed by atoms with Gasteiger partial charge in [-0.05, 0) is 56.5 Å². The summed E-state index contributed by atoms with van der Waals surface area (Å²) in [4.78, 5) is 28.8. The summed E-state index contributed by atoms with van der Waals surface area (Å²) in [6.07, 6.45) is 0.880. The number of hydrogen-bond acceptors (Lipinski definition) is 6. The molecule has 0 atom stereocenters. The third kappa shape index (κ3) is 5.39. The smallest absolute Gasteiger partial charge is 0.339 e. The summed E-state index contributed by atoms with van der Waals surface area (Å²) in [7, 11) is 1.59. The van der Waals surface area contributed by atoms with E-state index in [1.54, 1.807) is 14.0 Å². The summed E-state index contributed by atoms with van der Waals surface area (Å²) in [5.74, 6) is -0.0551. The number of nitrogens with two attached hydrogens (primary N) is 1. The van der Waals surface area contributed by atoms with E-state index in [4.69, 9.17) is 15.2 Å². The number of rotatable bonds is 9. The van der Waals surface area contributed by atoms with Gasteiger partial charge in [-0.3, -0.25) is 9.78 Å². The molecule has 0 bridgehead atoms. The van der Waals surface area contributed by atoms with E-state index in [1.807, 2.05) is 57.2 Å². The Hall–Kier alpha value is -3.81. The van der Waals surface area contributed by atoms with Gasteiger partial charge in [0.25, 0.3) is 0 Å². The fraction of sp³-hybridized carbons (Fsp3) is 0.346. The molecule has 8 nitrogen and oxygen atoms in total. The number of nitrogens with zero attached hydrogens (tertiary/aromatic N) is 1. The van der Waals surface area contributed by atoms with E-state index >= 15 is 0 Å². The molecule has 180 valence electrons. The zero-order chi connectivity index (χ0) is 25.0. The minimum atomic E-state index is -1.14. The number of carboxylic acid groups (broad SMARTS) is 1. The second kappa shape index (κ2) is 9.99. The molecule has 34 heavy (non-hydrogen) atoms. The Kier molecular flexibility index (Phi) is 7.29. The lowest BCUT2D eigenvalue weighted by atomic mass is 10.0. The number of aryl methyl sites for hydroxylation is 2. The number of carbonyl (C=O) groups excluding carboxylic acids is 1. The predicted octanol–water partition coefficient (Wildman–Crippen LogP) is 3.91. The largest absolute Gasteiger partial charge is 0.497 e. The van der Waals surface area contributed by atoms with E-state index in [1.165, 1.54) is 0 Å². The highest BCUT2D eigenvalue weighted by Crippen LogP contribution is 2.37. The average molecular weight is 466 g/mol. The van der Waals surface area contributed by atoms with Gasteiger partial charge in [-0.1, -0.05) is 25.1 Å². The first-order valence-electron chi connectivity index (χ1n) is 11.1. The van der Waals surface area contributed by atoms with Crippen LogP contribution in [0.1, 0.15) is 48.0 Å².